The number of anilines is 1. The first-order valence-corrected chi connectivity index (χ1v) is 8.66. The highest BCUT2D eigenvalue weighted by Crippen LogP contribution is 2.24. The number of esters is 1. The monoisotopic (exact) mass is 406 g/mol. The average Bonchev–Trinajstić information content (AvgIpc) is 3.08. The first-order valence-electron chi connectivity index (χ1n) is 8.66. The summed E-state index contributed by atoms with van der Waals surface area (Å²) >= 11 is 0. The lowest BCUT2D eigenvalue weighted by Gasteiger charge is -2.10. The standard InChI is InChI=1S/C20H17F3N2O4/c21-20(22,23)29-15-8-6-14(7-9-15)25-18(26)12-28-19(27)10-5-13-11-24-17-4-2-1-3-16(13)17/h1-4,6-9,11,24H,5,10,12H2,(H,25,26). The zero-order valence-corrected chi connectivity index (χ0v) is 15.1. The Balaban J connectivity index is 1.42. The number of aromatic nitrogens is 1. The maximum atomic E-state index is 12.1. The molecule has 9 heteroatoms. The summed E-state index contributed by atoms with van der Waals surface area (Å²) in [5, 5.41) is 3.45. The highest BCUT2D eigenvalue weighted by Gasteiger charge is 2.30. The second-order valence-electron chi connectivity index (χ2n) is 6.14. The zero-order chi connectivity index (χ0) is 20.9. The van der Waals surface area contributed by atoms with E-state index < -0.39 is 30.6 Å². The smallest absolute Gasteiger partial charge is 0.456 e. The van der Waals surface area contributed by atoms with E-state index >= 15 is 0 Å². The van der Waals surface area contributed by atoms with E-state index in [1.165, 1.54) is 12.1 Å². The van der Waals surface area contributed by atoms with Gasteiger partial charge in [0.25, 0.3) is 5.91 Å². The van der Waals surface area contributed by atoms with Gasteiger partial charge in [0.1, 0.15) is 5.75 Å². The molecule has 0 saturated heterocycles. The second kappa shape index (κ2) is 8.68. The molecule has 3 rings (SSSR count). The lowest BCUT2D eigenvalue weighted by atomic mass is 10.1. The van der Waals surface area contributed by atoms with Crippen LogP contribution < -0.4 is 10.1 Å². The van der Waals surface area contributed by atoms with Gasteiger partial charge in [-0.3, -0.25) is 9.59 Å². The molecule has 0 unspecified atom stereocenters. The summed E-state index contributed by atoms with van der Waals surface area (Å²) in [6.07, 6.45) is -2.38. The molecular weight excluding hydrogens is 389 g/mol. The summed E-state index contributed by atoms with van der Waals surface area (Å²) in [6, 6.07) is 12.3. The first kappa shape index (κ1) is 20.2. The number of fused-ring (bicyclic) bond motifs is 1. The molecule has 29 heavy (non-hydrogen) atoms. The Morgan fingerprint density at radius 2 is 1.76 bits per heavy atom. The number of H-pyrrole nitrogens is 1. The zero-order valence-electron chi connectivity index (χ0n) is 15.1. The van der Waals surface area contributed by atoms with E-state index in [1.54, 1.807) is 0 Å². The number of aromatic amines is 1. The number of alkyl halides is 3. The number of hydrogen-bond donors (Lipinski definition) is 2. The SMILES string of the molecule is O=C(COC(=O)CCc1c[nH]c2ccccc12)Nc1ccc(OC(F)(F)F)cc1. The maximum absolute atomic E-state index is 12.1. The van der Waals surface area contributed by atoms with E-state index in [9.17, 15) is 22.8 Å². The van der Waals surface area contributed by atoms with Crippen molar-refractivity contribution in [3.8, 4) is 5.75 Å². The topological polar surface area (TPSA) is 80.4 Å². The van der Waals surface area contributed by atoms with Crippen LogP contribution in [0.5, 0.6) is 5.75 Å². The Kier molecular flexibility index (Phi) is 6.06. The van der Waals surface area contributed by atoms with Gasteiger partial charge in [-0.25, -0.2) is 0 Å². The molecule has 0 atom stereocenters. The van der Waals surface area contributed by atoms with Crippen molar-refractivity contribution in [2.24, 2.45) is 0 Å². The van der Waals surface area contributed by atoms with E-state index in [1.807, 2.05) is 30.5 Å². The summed E-state index contributed by atoms with van der Waals surface area (Å²) in [4.78, 5) is 26.8. The number of aryl methyl sites for hydroxylation is 1. The number of rotatable bonds is 7. The third-order valence-electron chi connectivity index (χ3n) is 4.01. The third kappa shape index (κ3) is 6.00. The van der Waals surface area contributed by atoms with Gasteiger partial charge < -0.3 is 19.8 Å². The van der Waals surface area contributed by atoms with Crippen molar-refractivity contribution in [1.29, 1.82) is 0 Å². The van der Waals surface area contributed by atoms with Crippen LogP contribution in [0.25, 0.3) is 10.9 Å². The quantitative estimate of drug-likeness (QED) is 0.577. The van der Waals surface area contributed by atoms with Gasteiger partial charge in [-0.2, -0.15) is 0 Å². The van der Waals surface area contributed by atoms with Gasteiger partial charge in [0.05, 0.1) is 0 Å². The molecule has 0 aliphatic carbocycles. The Labute approximate surface area is 163 Å². The fourth-order valence-electron chi connectivity index (χ4n) is 2.73. The normalized spacial score (nSPS) is 11.3. The second-order valence-corrected chi connectivity index (χ2v) is 6.14. The van der Waals surface area contributed by atoms with E-state index in [2.05, 4.69) is 15.0 Å². The van der Waals surface area contributed by atoms with Crippen molar-refractivity contribution in [2.45, 2.75) is 19.2 Å². The third-order valence-corrected chi connectivity index (χ3v) is 4.01. The van der Waals surface area contributed by atoms with Crippen molar-refractivity contribution < 1.29 is 32.2 Å². The fourth-order valence-corrected chi connectivity index (χ4v) is 2.73. The Hall–Kier alpha value is -3.49. The van der Waals surface area contributed by atoms with Crippen molar-refractivity contribution in [2.75, 3.05) is 11.9 Å². The first-order chi connectivity index (χ1) is 13.8. The van der Waals surface area contributed by atoms with Crippen LogP contribution in [0.2, 0.25) is 0 Å². The number of amides is 1. The molecule has 0 bridgehead atoms. The minimum atomic E-state index is -4.79. The molecule has 0 aliphatic rings. The molecule has 2 N–H and O–H groups in total. The summed E-state index contributed by atoms with van der Waals surface area (Å²) in [5.74, 6) is -1.53. The number of benzene rings is 2. The Bertz CT molecular complexity index is 997. The van der Waals surface area contributed by atoms with Gasteiger partial charge >= 0.3 is 12.3 Å². The predicted molar refractivity (Wildman–Crippen MR) is 99.3 cm³/mol. The van der Waals surface area contributed by atoms with Crippen molar-refractivity contribution in [3.05, 3.63) is 60.3 Å². The molecule has 152 valence electrons. The molecule has 6 nitrogen and oxygen atoms in total. The van der Waals surface area contributed by atoms with Crippen molar-refractivity contribution >= 4 is 28.5 Å². The lowest BCUT2D eigenvalue weighted by Crippen LogP contribution is -2.21. The van der Waals surface area contributed by atoms with Crippen molar-refractivity contribution in [1.82, 2.24) is 4.98 Å². The van der Waals surface area contributed by atoms with E-state index in [4.69, 9.17) is 4.74 Å². The van der Waals surface area contributed by atoms with Crippen molar-refractivity contribution in [3.63, 3.8) is 0 Å². The van der Waals surface area contributed by atoms with Gasteiger partial charge in [0, 0.05) is 29.2 Å². The summed E-state index contributed by atoms with van der Waals surface area (Å²) in [7, 11) is 0. The van der Waals surface area contributed by atoms with Crippen LogP contribution in [-0.2, 0) is 20.7 Å². The molecule has 0 fully saturated rings. The van der Waals surface area contributed by atoms with Crippen LogP contribution in [-0.4, -0.2) is 29.8 Å². The molecule has 0 spiro atoms. The Morgan fingerprint density at radius 3 is 2.48 bits per heavy atom. The van der Waals surface area contributed by atoms with Gasteiger partial charge in [0.2, 0.25) is 0 Å². The van der Waals surface area contributed by atoms with Gasteiger partial charge in [-0.15, -0.1) is 13.2 Å². The van der Waals surface area contributed by atoms with Gasteiger partial charge in [0.15, 0.2) is 6.61 Å². The maximum Gasteiger partial charge on any atom is 0.573 e. The van der Waals surface area contributed by atoms with E-state index in [-0.39, 0.29) is 12.1 Å². The fraction of sp³-hybridized carbons (Fsp3) is 0.200. The van der Waals surface area contributed by atoms with Gasteiger partial charge in [-0.05, 0) is 42.3 Å². The minimum absolute atomic E-state index is 0.110. The van der Waals surface area contributed by atoms with Crippen LogP contribution in [0.15, 0.2) is 54.7 Å². The molecule has 3 aromatic rings. The molecule has 1 heterocycles. The number of nitrogens with one attached hydrogen (secondary N) is 2. The number of carbonyl (C=O) groups excluding carboxylic acids is 2. The lowest BCUT2D eigenvalue weighted by molar-refractivity contribution is -0.274. The molecule has 2 aromatic carbocycles. The molecule has 1 amide bonds. The largest absolute Gasteiger partial charge is 0.573 e. The van der Waals surface area contributed by atoms with Crippen LogP contribution in [0.3, 0.4) is 0 Å². The summed E-state index contributed by atoms with van der Waals surface area (Å²) < 4.78 is 45.0. The minimum Gasteiger partial charge on any atom is -0.456 e. The predicted octanol–water partition coefficient (Wildman–Crippen LogP) is 4.18. The Morgan fingerprint density at radius 1 is 1.03 bits per heavy atom. The highest BCUT2D eigenvalue weighted by atomic mass is 19.4. The number of hydrogen-bond acceptors (Lipinski definition) is 4. The van der Waals surface area contributed by atoms with Gasteiger partial charge in [-0.1, -0.05) is 18.2 Å². The molecule has 0 radical (unpaired) electrons. The number of halogens is 3. The molecule has 0 aliphatic heterocycles. The molecular formula is C20H17F3N2O4. The van der Waals surface area contributed by atoms with Crippen LogP contribution in [0.4, 0.5) is 18.9 Å². The van der Waals surface area contributed by atoms with E-state index in [0.29, 0.717) is 6.42 Å². The number of para-hydroxylation sites is 1. The average molecular weight is 406 g/mol. The van der Waals surface area contributed by atoms with Crippen LogP contribution in [0.1, 0.15) is 12.0 Å². The summed E-state index contributed by atoms with van der Waals surface area (Å²) in [6.45, 7) is -0.493. The van der Waals surface area contributed by atoms with Crippen LogP contribution in [0, 0.1) is 0 Å². The highest BCUT2D eigenvalue weighted by molar-refractivity contribution is 5.92. The molecule has 0 saturated carbocycles. The number of carbonyl (C=O) groups is 2. The van der Waals surface area contributed by atoms with E-state index in [0.717, 1.165) is 28.6 Å². The number of ether oxygens (including phenoxy) is 2. The summed E-state index contributed by atoms with van der Waals surface area (Å²) in [5.41, 5.74) is 2.20. The van der Waals surface area contributed by atoms with Crippen LogP contribution >= 0.6 is 0 Å². The molecule has 1 aromatic heterocycles.